The summed E-state index contributed by atoms with van der Waals surface area (Å²) in [6.45, 7) is 15.3. The summed E-state index contributed by atoms with van der Waals surface area (Å²) in [4.78, 5) is 67.2. The van der Waals surface area contributed by atoms with Gasteiger partial charge in [0, 0.05) is 33.2 Å². The molecule has 0 aromatic heterocycles. The molecule has 1 saturated heterocycles. The van der Waals surface area contributed by atoms with Gasteiger partial charge in [0.2, 0.25) is 17.6 Å². The van der Waals surface area contributed by atoms with Crippen molar-refractivity contribution in [3.8, 4) is 0 Å². The number of amides is 5. The lowest BCUT2D eigenvalue weighted by molar-refractivity contribution is -0.145. The quantitative estimate of drug-likeness (QED) is 0.176. The van der Waals surface area contributed by atoms with Gasteiger partial charge in [-0.15, -0.1) is 0 Å². The van der Waals surface area contributed by atoms with Crippen molar-refractivity contribution >= 4 is 39.7 Å². The number of ketones is 1. The summed E-state index contributed by atoms with van der Waals surface area (Å²) in [6, 6.07) is -4.27. The molecule has 256 valence electrons. The Kier molecular flexibility index (Phi) is 10.4. The number of hydrogen-bond acceptors (Lipinski definition) is 7. The highest BCUT2D eigenvalue weighted by molar-refractivity contribution is 7.87. The Morgan fingerprint density at radius 3 is 2.00 bits per heavy atom. The van der Waals surface area contributed by atoms with Crippen LogP contribution in [0.3, 0.4) is 0 Å². The van der Waals surface area contributed by atoms with Gasteiger partial charge in [0.05, 0.1) is 6.04 Å². The van der Waals surface area contributed by atoms with Crippen molar-refractivity contribution in [2.75, 3.05) is 27.2 Å². The first-order valence-corrected chi connectivity index (χ1v) is 17.0. The van der Waals surface area contributed by atoms with E-state index >= 15 is 0 Å². The topological polar surface area (TPSA) is 200 Å². The maximum atomic E-state index is 14.2. The highest BCUT2D eigenvalue weighted by Crippen LogP contribution is 2.65. The second-order valence-corrected chi connectivity index (χ2v) is 17.8. The Morgan fingerprint density at radius 2 is 1.53 bits per heavy atom. The van der Waals surface area contributed by atoms with Crippen molar-refractivity contribution in [2.45, 2.75) is 98.8 Å². The molecule has 14 nitrogen and oxygen atoms in total. The number of Topliss-reactive ketones (excluding diaryl/α,β-unsaturated/α-hetero) is 1. The Hall–Kier alpha value is -2.78. The van der Waals surface area contributed by atoms with Crippen molar-refractivity contribution in [3.05, 3.63) is 0 Å². The number of likely N-dealkylation sites (tertiary alicyclic amines) is 1. The molecule has 15 heteroatoms. The standard InChI is InChI=1S/C30H53N7O7S/c1-28(2,3)19(14-32-45(43,44)36(9)10)34-27(42)35-23(29(4,5)6)26(41)37-15-17-20(30(17,7)8)21(37)25(40)33-18(13-16-11-12-16)22(38)24(31)39/h16-21,23,32H,11-15H2,1-10H3,(H2,31,39)(H,33,40)(H2,34,35,42)/t17-,18?,19+,20-,21-,23+/m0/s1. The van der Waals surface area contributed by atoms with E-state index in [1.165, 1.54) is 19.0 Å². The summed E-state index contributed by atoms with van der Waals surface area (Å²) in [5.74, 6) is -2.80. The number of nitrogens with two attached hydrogens (primary N) is 1. The van der Waals surface area contributed by atoms with Crippen LogP contribution in [0.4, 0.5) is 4.79 Å². The molecule has 0 bridgehead atoms. The molecule has 2 saturated carbocycles. The van der Waals surface area contributed by atoms with Gasteiger partial charge in [-0.1, -0.05) is 68.2 Å². The van der Waals surface area contributed by atoms with Crippen LogP contribution in [0.25, 0.3) is 0 Å². The van der Waals surface area contributed by atoms with Crippen LogP contribution < -0.4 is 26.4 Å². The molecule has 6 atom stereocenters. The van der Waals surface area contributed by atoms with Crippen LogP contribution in [0.5, 0.6) is 0 Å². The number of piperidine rings is 1. The third-order valence-corrected chi connectivity index (χ3v) is 11.1. The fourth-order valence-electron chi connectivity index (χ4n) is 6.20. The van der Waals surface area contributed by atoms with Gasteiger partial charge in [-0.2, -0.15) is 12.7 Å². The lowest BCUT2D eigenvalue weighted by Gasteiger charge is -2.38. The molecule has 1 heterocycles. The SMILES string of the molecule is CN(C)S(=O)(=O)NC[C@@H](NC(=O)N[C@H](C(=O)N1C[C@H]2[C@@H]([C@H]1C(=O)NC(CC1CC1)C(=O)C(N)=O)C2(C)C)C(C)(C)C)C(C)(C)C. The van der Waals surface area contributed by atoms with Crippen LogP contribution in [0.15, 0.2) is 0 Å². The minimum absolute atomic E-state index is 0.0513. The Morgan fingerprint density at radius 1 is 0.956 bits per heavy atom. The zero-order valence-electron chi connectivity index (χ0n) is 28.3. The van der Waals surface area contributed by atoms with Gasteiger partial charge in [0.15, 0.2) is 0 Å². The molecule has 0 spiro atoms. The van der Waals surface area contributed by atoms with E-state index in [2.05, 4.69) is 20.7 Å². The van der Waals surface area contributed by atoms with Crippen LogP contribution >= 0.6 is 0 Å². The van der Waals surface area contributed by atoms with Crippen LogP contribution in [-0.4, -0.2) is 98.5 Å². The zero-order chi connectivity index (χ0) is 34.4. The number of hydrogen-bond donors (Lipinski definition) is 5. The maximum absolute atomic E-state index is 14.2. The van der Waals surface area contributed by atoms with Crippen molar-refractivity contribution in [1.29, 1.82) is 0 Å². The molecule has 6 N–H and O–H groups in total. The summed E-state index contributed by atoms with van der Waals surface area (Å²) >= 11 is 0. The molecule has 0 aromatic rings. The molecule has 1 aliphatic heterocycles. The van der Waals surface area contributed by atoms with E-state index in [1.54, 1.807) is 20.8 Å². The van der Waals surface area contributed by atoms with Crippen molar-refractivity contribution < 1.29 is 32.4 Å². The number of nitrogens with one attached hydrogen (secondary N) is 4. The fraction of sp³-hybridized carbons (Fsp3) is 0.833. The summed E-state index contributed by atoms with van der Waals surface area (Å²) < 4.78 is 28.1. The number of primary amides is 1. The highest BCUT2D eigenvalue weighted by Gasteiger charge is 2.70. The first-order valence-electron chi connectivity index (χ1n) is 15.6. The summed E-state index contributed by atoms with van der Waals surface area (Å²) in [6.07, 6.45) is 2.13. The molecule has 2 aliphatic carbocycles. The first-order chi connectivity index (χ1) is 20.4. The smallest absolute Gasteiger partial charge is 0.315 e. The van der Waals surface area contributed by atoms with Crippen molar-refractivity contribution in [2.24, 2.45) is 39.7 Å². The van der Waals surface area contributed by atoms with Gasteiger partial charge in [-0.05, 0) is 40.4 Å². The molecule has 3 rings (SSSR count). The van der Waals surface area contributed by atoms with Gasteiger partial charge in [0.1, 0.15) is 12.1 Å². The molecule has 0 aromatic carbocycles. The molecule has 3 aliphatic rings. The van der Waals surface area contributed by atoms with E-state index in [0.717, 1.165) is 17.1 Å². The summed E-state index contributed by atoms with van der Waals surface area (Å²) in [5, 5.41) is 8.37. The number of carbonyl (C=O) groups is 5. The molecule has 1 unspecified atom stereocenters. The number of urea groups is 1. The zero-order valence-corrected chi connectivity index (χ0v) is 29.1. The average Bonchev–Trinajstić information content (AvgIpc) is 3.74. The largest absolute Gasteiger partial charge is 0.363 e. The average molecular weight is 656 g/mol. The van der Waals surface area contributed by atoms with E-state index in [9.17, 15) is 32.4 Å². The second kappa shape index (κ2) is 12.8. The van der Waals surface area contributed by atoms with Crippen LogP contribution in [0, 0.1) is 34.0 Å². The van der Waals surface area contributed by atoms with E-state index in [4.69, 9.17) is 5.73 Å². The molecule has 3 fully saturated rings. The Labute approximate surface area is 267 Å². The predicted octanol–water partition coefficient (Wildman–Crippen LogP) is 0.333. The van der Waals surface area contributed by atoms with Crippen LogP contribution in [0.1, 0.15) is 74.7 Å². The number of fused-ring (bicyclic) bond motifs is 1. The maximum Gasteiger partial charge on any atom is 0.315 e. The van der Waals surface area contributed by atoms with E-state index < -0.39 is 74.7 Å². The number of nitrogens with zero attached hydrogens (tertiary/aromatic N) is 2. The van der Waals surface area contributed by atoms with Crippen molar-refractivity contribution in [3.63, 3.8) is 0 Å². The van der Waals surface area contributed by atoms with Gasteiger partial charge < -0.3 is 26.6 Å². The Balaban J connectivity index is 1.81. The Bertz CT molecular complexity index is 1300. The number of rotatable bonds is 13. The molecule has 0 radical (unpaired) electrons. The molecular weight excluding hydrogens is 602 g/mol. The third-order valence-electron chi connectivity index (χ3n) is 9.59. The van der Waals surface area contributed by atoms with Gasteiger partial charge in [0.25, 0.3) is 16.1 Å². The first kappa shape index (κ1) is 36.7. The monoisotopic (exact) mass is 655 g/mol. The van der Waals surface area contributed by atoms with Gasteiger partial charge in [-0.25, -0.2) is 9.52 Å². The lowest BCUT2D eigenvalue weighted by atomic mass is 9.85. The van der Waals surface area contributed by atoms with E-state index in [0.29, 0.717) is 13.0 Å². The second-order valence-electron chi connectivity index (χ2n) is 15.8. The summed E-state index contributed by atoms with van der Waals surface area (Å²) in [7, 11) is -0.948. The fourth-order valence-corrected chi connectivity index (χ4v) is 6.83. The normalized spacial score (nSPS) is 24.7. The molecule has 45 heavy (non-hydrogen) atoms. The van der Waals surface area contributed by atoms with E-state index in [1.807, 2.05) is 34.6 Å². The lowest BCUT2D eigenvalue weighted by Crippen LogP contribution is -2.62. The molecule has 5 amide bonds. The highest BCUT2D eigenvalue weighted by atomic mass is 32.2. The molecular formula is C30H53N7O7S. The minimum atomic E-state index is -3.74. The van der Waals surface area contributed by atoms with Gasteiger partial charge in [-0.3, -0.25) is 19.2 Å². The summed E-state index contributed by atoms with van der Waals surface area (Å²) in [5.41, 5.74) is 3.76. The van der Waals surface area contributed by atoms with E-state index in [-0.39, 0.29) is 29.7 Å². The van der Waals surface area contributed by atoms with Crippen LogP contribution in [0.2, 0.25) is 0 Å². The van der Waals surface area contributed by atoms with Crippen molar-refractivity contribution in [1.82, 2.24) is 29.9 Å². The minimum Gasteiger partial charge on any atom is -0.363 e. The van der Waals surface area contributed by atoms with Gasteiger partial charge >= 0.3 is 6.03 Å². The predicted molar refractivity (Wildman–Crippen MR) is 168 cm³/mol. The number of carbonyl (C=O) groups excluding carboxylic acids is 5. The third kappa shape index (κ3) is 8.53. The van der Waals surface area contributed by atoms with Crippen LogP contribution in [-0.2, 0) is 29.4 Å².